The Morgan fingerprint density at radius 3 is 2.61 bits per heavy atom. The van der Waals surface area contributed by atoms with Gasteiger partial charge in [0.2, 0.25) is 0 Å². The Labute approximate surface area is 102 Å². The molecule has 0 aliphatic rings. The lowest BCUT2D eigenvalue weighted by Gasteiger charge is -2.15. The van der Waals surface area contributed by atoms with Crippen LogP contribution in [0, 0.1) is 0 Å². The number of aromatic hydroxyl groups is 1. The molecule has 0 heterocycles. The molecule has 3 N–H and O–H groups in total. The molecule has 1 rings (SSSR count). The number of phenolic OH excluding ortho intramolecular Hbond substituents is 1. The van der Waals surface area contributed by atoms with E-state index >= 15 is 0 Å². The zero-order valence-corrected chi connectivity index (χ0v) is 9.66. The molecule has 4 nitrogen and oxygen atoms in total. The lowest BCUT2D eigenvalue weighted by Crippen LogP contribution is -2.38. The second-order valence-electron chi connectivity index (χ2n) is 3.68. The molecule has 0 amide bonds. The van der Waals surface area contributed by atoms with E-state index in [9.17, 15) is 18.3 Å². The molecule has 0 fully saturated rings. The number of aliphatic hydroxyl groups is 1. The summed E-state index contributed by atoms with van der Waals surface area (Å²) in [6.45, 7) is -0.643. The summed E-state index contributed by atoms with van der Waals surface area (Å²) in [7, 11) is 1.44. The van der Waals surface area contributed by atoms with Crippen molar-refractivity contribution in [3.05, 3.63) is 23.8 Å². The number of methoxy groups -OCH3 is 1. The molecular formula is C11H14F3NO3. The number of alkyl halides is 3. The molecule has 1 aromatic carbocycles. The highest BCUT2D eigenvalue weighted by atomic mass is 19.4. The second-order valence-corrected chi connectivity index (χ2v) is 3.68. The molecule has 7 heteroatoms. The summed E-state index contributed by atoms with van der Waals surface area (Å²) in [4.78, 5) is 0. The Bertz CT molecular complexity index is 396. The second kappa shape index (κ2) is 5.92. The first-order valence-electron chi connectivity index (χ1n) is 5.16. The average molecular weight is 265 g/mol. The number of hydrogen-bond donors (Lipinski definition) is 3. The van der Waals surface area contributed by atoms with Crippen molar-refractivity contribution >= 4 is 0 Å². The minimum absolute atomic E-state index is 0.00380. The number of ether oxygens (including phenoxy) is 1. The molecule has 0 aliphatic carbocycles. The lowest BCUT2D eigenvalue weighted by atomic mass is 10.2. The SMILES string of the molecule is COc1ccc(O)c(CNCC(O)C(F)(F)F)c1. The minimum atomic E-state index is -4.65. The fourth-order valence-corrected chi connectivity index (χ4v) is 1.29. The summed E-state index contributed by atoms with van der Waals surface area (Å²) < 4.78 is 41.0. The van der Waals surface area contributed by atoms with Crippen LogP contribution in [0.25, 0.3) is 0 Å². The van der Waals surface area contributed by atoms with Crippen LogP contribution < -0.4 is 10.1 Å². The normalized spacial score (nSPS) is 13.4. The van der Waals surface area contributed by atoms with Gasteiger partial charge in [-0.25, -0.2) is 0 Å². The topological polar surface area (TPSA) is 61.7 Å². The molecule has 0 aromatic heterocycles. The van der Waals surface area contributed by atoms with Gasteiger partial charge in [-0.15, -0.1) is 0 Å². The molecule has 102 valence electrons. The maximum Gasteiger partial charge on any atom is 0.415 e. The summed E-state index contributed by atoms with van der Waals surface area (Å²) in [6.07, 6.45) is -7.08. The molecule has 0 spiro atoms. The summed E-state index contributed by atoms with van der Waals surface area (Å²) in [5.74, 6) is 0.436. The van der Waals surface area contributed by atoms with E-state index in [1.165, 1.54) is 25.3 Å². The monoisotopic (exact) mass is 265 g/mol. The van der Waals surface area contributed by atoms with Crippen LogP contribution in [0.3, 0.4) is 0 Å². The summed E-state index contributed by atoms with van der Waals surface area (Å²) in [5, 5.41) is 20.6. The molecule has 0 saturated heterocycles. The number of rotatable bonds is 5. The Morgan fingerprint density at radius 2 is 2.06 bits per heavy atom. The molecule has 1 unspecified atom stereocenters. The van der Waals surface area contributed by atoms with Crippen LogP contribution >= 0.6 is 0 Å². The summed E-state index contributed by atoms with van der Waals surface area (Å²) in [6, 6.07) is 4.42. The van der Waals surface area contributed by atoms with E-state index in [-0.39, 0.29) is 12.3 Å². The van der Waals surface area contributed by atoms with Crippen LogP contribution in [-0.2, 0) is 6.54 Å². The zero-order valence-electron chi connectivity index (χ0n) is 9.66. The van der Waals surface area contributed by atoms with Crippen LogP contribution in [0.5, 0.6) is 11.5 Å². The van der Waals surface area contributed by atoms with E-state index in [1.54, 1.807) is 0 Å². The van der Waals surface area contributed by atoms with Gasteiger partial charge in [-0.3, -0.25) is 0 Å². The van der Waals surface area contributed by atoms with Crippen molar-refractivity contribution in [2.45, 2.75) is 18.8 Å². The number of nitrogens with one attached hydrogen (secondary N) is 1. The standard InChI is InChI=1S/C11H14F3NO3/c1-18-8-2-3-9(16)7(4-8)5-15-6-10(17)11(12,13)14/h2-4,10,15-17H,5-6H2,1H3. The van der Waals surface area contributed by atoms with Crippen molar-refractivity contribution in [2.24, 2.45) is 0 Å². The van der Waals surface area contributed by atoms with Gasteiger partial charge in [-0.1, -0.05) is 0 Å². The first kappa shape index (κ1) is 14.6. The van der Waals surface area contributed by atoms with Gasteiger partial charge in [0.15, 0.2) is 6.10 Å². The number of aliphatic hydroxyl groups excluding tert-OH is 1. The highest BCUT2D eigenvalue weighted by molar-refractivity contribution is 5.39. The molecule has 18 heavy (non-hydrogen) atoms. The molecule has 0 bridgehead atoms. The first-order valence-corrected chi connectivity index (χ1v) is 5.16. The first-order chi connectivity index (χ1) is 8.34. The van der Waals surface area contributed by atoms with Crippen molar-refractivity contribution < 1.29 is 28.1 Å². The molecule has 1 atom stereocenters. The fourth-order valence-electron chi connectivity index (χ4n) is 1.29. The van der Waals surface area contributed by atoms with Crippen molar-refractivity contribution in [3.8, 4) is 11.5 Å². The Kier molecular flexibility index (Phi) is 4.80. The van der Waals surface area contributed by atoms with Crippen molar-refractivity contribution in [2.75, 3.05) is 13.7 Å². The minimum Gasteiger partial charge on any atom is -0.508 e. The van der Waals surface area contributed by atoms with Gasteiger partial charge in [0.25, 0.3) is 0 Å². The van der Waals surface area contributed by atoms with E-state index in [0.717, 1.165) is 0 Å². The maximum absolute atomic E-state index is 12.0. The van der Waals surface area contributed by atoms with Gasteiger partial charge in [0.05, 0.1) is 7.11 Å². The number of phenols is 1. The van der Waals surface area contributed by atoms with Gasteiger partial charge < -0.3 is 20.3 Å². The van der Waals surface area contributed by atoms with E-state index in [1.807, 2.05) is 0 Å². The Morgan fingerprint density at radius 1 is 1.39 bits per heavy atom. The zero-order chi connectivity index (χ0) is 13.8. The predicted octanol–water partition coefficient (Wildman–Crippen LogP) is 1.41. The largest absolute Gasteiger partial charge is 0.508 e. The molecule has 0 aliphatic heterocycles. The third kappa shape index (κ3) is 4.08. The summed E-state index contributed by atoms with van der Waals surface area (Å²) >= 11 is 0. The quantitative estimate of drug-likeness (QED) is 0.753. The molecule has 0 saturated carbocycles. The van der Waals surface area contributed by atoms with Gasteiger partial charge in [-0.2, -0.15) is 13.2 Å². The van der Waals surface area contributed by atoms with Gasteiger partial charge in [-0.05, 0) is 18.2 Å². The fraction of sp³-hybridized carbons (Fsp3) is 0.455. The van der Waals surface area contributed by atoms with E-state index in [4.69, 9.17) is 9.84 Å². The van der Waals surface area contributed by atoms with Crippen LogP contribution in [0.4, 0.5) is 13.2 Å². The maximum atomic E-state index is 12.0. The highest BCUT2D eigenvalue weighted by Crippen LogP contribution is 2.23. The van der Waals surface area contributed by atoms with Gasteiger partial charge >= 0.3 is 6.18 Å². The van der Waals surface area contributed by atoms with Gasteiger partial charge in [0.1, 0.15) is 11.5 Å². The molecule has 0 radical (unpaired) electrons. The lowest BCUT2D eigenvalue weighted by molar-refractivity contribution is -0.201. The third-order valence-electron chi connectivity index (χ3n) is 2.32. The highest BCUT2D eigenvalue weighted by Gasteiger charge is 2.37. The van der Waals surface area contributed by atoms with Crippen LogP contribution in [0.15, 0.2) is 18.2 Å². The van der Waals surface area contributed by atoms with Crippen molar-refractivity contribution in [1.82, 2.24) is 5.32 Å². The van der Waals surface area contributed by atoms with E-state index < -0.39 is 18.8 Å². The van der Waals surface area contributed by atoms with Gasteiger partial charge in [0, 0.05) is 18.7 Å². The van der Waals surface area contributed by atoms with Crippen LogP contribution in [0.2, 0.25) is 0 Å². The van der Waals surface area contributed by atoms with Crippen LogP contribution in [-0.4, -0.2) is 36.1 Å². The smallest absolute Gasteiger partial charge is 0.415 e. The van der Waals surface area contributed by atoms with Crippen LogP contribution in [0.1, 0.15) is 5.56 Å². The number of halogens is 3. The van der Waals surface area contributed by atoms with Crippen molar-refractivity contribution in [1.29, 1.82) is 0 Å². The molecule has 1 aromatic rings. The number of hydrogen-bond acceptors (Lipinski definition) is 4. The average Bonchev–Trinajstić information content (AvgIpc) is 2.30. The molecular weight excluding hydrogens is 251 g/mol. The summed E-state index contributed by atoms with van der Waals surface area (Å²) in [5.41, 5.74) is 0.392. The van der Waals surface area contributed by atoms with E-state index in [2.05, 4.69) is 5.32 Å². The van der Waals surface area contributed by atoms with Crippen molar-refractivity contribution in [3.63, 3.8) is 0 Å². The Hall–Kier alpha value is -1.47. The van der Waals surface area contributed by atoms with E-state index in [0.29, 0.717) is 11.3 Å². The number of benzene rings is 1. The Balaban J connectivity index is 2.53. The predicted molar refractivity (Wildman–Crippen MR) is 58.4 cm³/mol. The third-order valence-corrected chi connectivity index (χ3v) is 2.32.